The molecule has 4 atom stereocenters. The maximum absolute atomic E-state index is 5.43. The molecule has 4 unspecified atom stereocenters. The van der Waals surface area contributed by atoms with Gasteiger partial charge in [0.05, 0.1) is 0 Å². The zero-order valence-electron chi connectivity index (χ0n) is 54.6. The molecule has 77 heavy (non-hydrogen) atoms. The molecule has 0 heteroatoms. The van der Waals surface area contributed by atoms with Crippen LogP contribution in [0.1, 0.15) is 258 Å². The molecule has 8 aliphatic rings. The zero-order chi connectivity index (χ0) is 57.7. The topological polar surface area (TPSA) is 0 Å². The van der Waals surface area contributed by atoms with E-state index in [2.05, 4.69) is 207 Å². The van der Waals surface area contributed by atoms with Gasteiger partial charge in [-0.15, -0.1) is 0 Å². The predicted molar refractivity (Wildman–Crippen MR) is 338 cm³/mol. The molecule has 9 rings (SSSR count). The average Bonchev–Trinajstić information content (AvgIpc) is 4.22. The van der Waals surface area contributed by atoms with Crippen LogP contribution in [0.2, 0.25) is 0 Å². The highest BCUT2D eigenvalue weighted by Gasteiger charge is 2.61. The molecule has 0 amide bonds. The van der Waals surface area contributed by atoms with Gasteiger partial charge in [0.25, 0.3) is 0 Å². The normalized spacial score (nSPS) is 25.1. The third-order valence-electron chi connectivity index (χ3n) is 25.4. The van der Waals surface area contributed by atoms with Gasteiger partial charge in [-0.05, 0) is 296 Å². The van der Waals surface area contributed by atoms with E-state index in [4.69, 9.17) is 13.2 Å². The van der Waals surface area contributed by atoms with Crippen LogP contribution in [-0.4, -0.2) is 0 Å². The van der Waals surface area contributed by atoms with Crippen molar-refractivity contribution in [2.75, 3.05) is 0 Å². The number of hydrogen-bond donors (Lipinski definition) is 0. The van der Waals surface area contributed by atoms with Crippen LogP contribution in [0.4, 0.5) is 0 Å². The minimum absolute atomic E-state index is 0.0344. The highest BCUT2D eigenvalue weighted by Crippen LogP contribution is 2.72. The van der Waals surface area contributed by atoms with E-state index in [-0.39, 0.29) is 50.2 Å². The van der Waals surface area contributed by atoms with Crippen molar-refractivity contribution in [1.82, 2.24) is 0 Å². The lowest BCUT2D eigenvalue weighted by molar-refractivity contribution is -0.0298. The van der Waals surface area contributed by atoms with Crippen molar-refractivity contribution < 1.29 is 0 Å². The van der Waals surface area contributed by atoms with Crippen molar-refractivity contribution in [3.8, 4) is 0 Å². The van der Waals surface area contributed by atoms with Crippen LogP contribution in [0.25, 0.3) is 11.1 Å². The quantitative estimate of drug-likeness (QED) is 0.231. The molecular weight excluding hydrogens is 925 g/mol. The summed E-state index contributed by atoms with van der Waals surface area (Å²) in [7, 11) is 0. The minimum atomic E-state index is -0.166. The lowest BCUT2D eigenvalue weighted by atomic mass is 9.48. The van der Waals surface area contributed by atoms with Crippen molar-refractivity contribution in [3.05, 3.63) is 181 Å². The Balaban J connectivity index is 1.31. The summed E-state index contributed by atoms with van der Waals surface area (Å²) in [6.07, 6.45) is 6.54. The van der Waals surface area contributed by atoms with Crippen LogP contribution in [0, 0.1) is 58.2 Å². The largest absolute Gasteiger partial charge is 0.0946 e. The standard InChI is InChI=1S/C77H104/c1-37-32-40(4)54(33-37)67-62(49(13)60-51(15)63-59(50(14)64(60)67)47(11)48(12)61(63)55-34-38(2)41(5)43(55)7)57-36-58(46(10)45(57)9)69-66-53(17)70(74(24,25)76(28,29)72(18,19)20)68(56-35-39(3)42(6)44(56)8)65(66)52(16)71(69)75(26,27)77(30,31)73(21,22)23/h32,61,67,70-71H,16-17,33-36H2,1-15,18-31H3. The molecule has 0 aliphatic heterocycles. The Morgan fingerprint density at radius 1 is 0.390 bits per heavy atom. The first-order chi connectivity index (χ1) is 35.1. The first-order valence-electron chi connectivity index (χ1n) is 30.1. The van der Waals surface area contributed by atoms with E-state index in [1.165, 1.54) is 134 Å². The average molecular weight is 1030 g/mol. The third-order valence-corrected chi connectivity index (χ3v) is 25.4. The van der Waals surface area contributed by atoms with E-state index in [0.717, 1.165) is 25.7 Å². The molecule has 1 aromatic carbocycles. The van der Waals surface area contributed by atoms with Gasteiger partial charge in [0, 0.05) is 23.7 Å². The summed E-state index contributed by atoms with van der Waals surface area (Å²) in [6.45, 7) is 82.7. The van der Waals surface area contributed by atoms with Crippen LogP contribution >= 0.6 is 0 Å². The van der Waals surface area contributed by atoms with Gasteiger partial charge >= 0.3 is 0 Å². The molecule has 0 saturated carbocycles. The van der Waals surface area contributed by atoms with Gasteiger partial charge in [-0.1, -0.05) is 155 Å². The van der Waals surface area contributed by atoms with Crippen LogP contribution in [0.15, 0.2) is 147 Å². The first kappa shape index (κ1) is 57.3. The van der Waals surface area contributed by atoms with E-state index in [0.29, 0.717) is 5.92 Å². The molecule has 0 N–H and O–H groups in total. The molecule has 0 radical (unpaired) electrons. The second-order valence-corrected chi connectivity index (χ2v) is 30.9. The minimum Gasteiger partial charge on any atom is -0.0946 e. The van der Waals surface area contributed by atoms with Crippen LogP contribution in [0.5, 0.6) is 0 Å². The van der Waals surface area contributed by atoms with Gasteiger partial charge in [0.2, 0.25) is 0 Å². The monoisotopic (exact) mass is 1030 g/mol. The molecule has 0 nitrogen and oxygen atoms in total. The Bertz CT molecular complexity index is 3390. The van der Waals surface area contributed by atoms with Gasteiger partial charge in [0.1, 0.15) is 0 Å². The second-order valence-electron chi connectivity index (χ2n) is 30.9. The van der Waals surface area contributed by atoms with Crippen LogP contribution in [0.3, 0.4) is 0 Å². The van der Waals surface area contributed by atoms with Crippen LogP contribution < -0.4 is 0 Å². The highest BCUT2D eigenvalue weighted by molar-refractivity contribution is 5.93. The zero-order valence-corrected chi connectivity index (χ0v) is 54.6. The number of allylic oxidation sites excluding steroid dienone is 26. The van der Waals surface area contributed by atoms with E-state index in [1.54, 1.807) is 39.0 Å². The molecule has 0 spiro atoms. The summed E-state index contributed by atoms with van der Waals surface area (Å²) in [5, 5.41) is 0. The van der Waals surface area contributed by atoms with Crippen LogP contribution in [-0.2, 0) is 0 Å². The summed E-state index contributed by atoms with van der Waals surface area (Å²) in [5.74, 6) is 0.792. The predicted octanol–water partition coefficient (Wildman–Crippen LogP) is 23.0. The number of fused-ring (bicyclic) bond motifs is 3. The summed E-state index contributed by atoms with van der Waals surface area (Å²) >= 11 is 0. The van der Waals surface area contributed by atoms with E-state index >= 15 is 0 Å². The molecule has 0 saturated heterocycles. The molecule has 0 heterocycles. The summed E-state index contributed by atoms with van der Waals surface area (Å²) < 4.78 is 0. The number of benzene rings is 1. The van der Waals surface area contributed by atoms with Crippen molar-refractivity contribution in [3.63, 3.8) is 0 Å². The van der Waals surface area contributed by atoms with E-state index in [1.807, 2.05) is 0 Å². The maximum Gasteiger partial charge on any atom is 0.0322 e. The van der Waals surface area contributed by atoms with Crippen molar-refractivity contribution >= 4 is 11.1 Å². The molecule has 0 aromatic heterocycles. The van der Waals surface area contributed by atoms with Gasteiger partial charge in [-0.25, -0.2) is 0 Å². The summed E-state index contributed by atoms with van der Waals surface area (Å²) in [5.41, 5.74) is 46.5. The lowest BCUT2D eigenvalue weighted by Gasteiger charge is -2.55. The Kier molecular flexibility index (Phi) is 13.2. The maximum atomic E-state index is 5.43. The van der Waals surface area contributed by atoms with Crippen molar-refractivity contribution in [1.29, 1.82) is 0 Å². The smallest absolute Gasteiger partial charge is 0.0322 e. The molecule has 8 aliphatic carbocycles. The van der Waals surface area contributed by atoms with Gasteiger partial charge in [-0.2, -0.15) is 0 Å². The molecule has 0 bridgehead atoms. The fourth-order valence-electron chi connectivity index (χ4n) is 17.4. The number of hydrogen-bond acceptors (Lipinski definition) is 0. The third kappa shape index (κ3) is 7.46. The molecular formula is C77H104. The Hall–Kier alpha value is -4.42. The second kappa shape index (κ2) is 17.8. The highest BCUT2D eigenvalue weighted by atomic mass is 14.6. The summed E-state index contributed by atoms with van der Waals surface area (Å²) in [4.78, 5) is 0. The first-order valence-corrected chi connectivity index (χ1v) is 30.1. The van der Waals surface area contributed by atoms with Crippen molar-refractivity contribution in [2.45, 2.75) is 238 Å². The SMILES string of the molecule is C=C1C2=C(C3=C(C)C(C)=C(C4=C(C)c5c(C)c6c(c(C)c5C4C4=C(C)C=C(C)C4)C(C)=C(C)C6C4=C(C)C(C)=C(C)C4)C3)C(C(C)(C)C(C)(C)C(C)(C)C)C(=C)C2=C(C2=C(C)C(C)=C(C)C2)C1C(C)(C)C(C)(C)C(C)(C)C. The Morgan fingerprint density at radius 2 is 0.779 bits per heavy atom. The Labute approximate surface area is 472 Å². The molecule has 1 aromatic rings. The Morgan fingerprint density at radius 3 is 1.17 bits per heavy atom. The molecule has 412 valence electrons. The van der Waals surface area contributed by atoms with Gasteiger partial charge in [-0.3, -0.25) is 0 Å². The molecule has 0 fully saturated rings. The van der Waals surface area contributed by atoms with E-state index < -0.39 is 0 Å². The van der Waals surface area contributed by atoms with Gasteiger partial charge < -0.3 is 0 Å². The lowest BCUT2D eigenvalue weighted by Crippen LogP contribution is -2.48. The fraction of sp³-hybridized carbons (Fsp3) is 0.558. The van der Waals surface area contributed by atoms with Crippen molar-refractivity contribution in [2.24, 2.45) is 44.3 Å². The summed E-state index contributed by atoms with van der Waals surface area (Å²) in [6, 6.07) is 0. The van der Waals surface area contributed by atoms with E-state index in [9.17, 15) is 0 Å². The number of rotatable bonds is 9. The fourth-order valence-corrected chi connectivity index (χ4v) is 17.4. The van der Waals surface area contributed by atoms with Gasteiger partial charge in [0.15, 0.2) is 0 Å².